The molecule has 0 aromatic heterocycles. The first-order valence-electron chi connectivity index (χ1n) is 7.06. The van der Waals surface area contributed by atoms with Crippen molar-refractivity contribution in [3.63, 3.8) is 0 Å². The summed E-state index contributed by atoms with van der Waals surface area (Å²) in [4.78, 5) is 0. The van der Waals surface area contributed by atoms with Gasteiger partial charge in [0.1, 0.15) is 6.10 Å². The summed E-state index contributed by atoms with van der Waals surface area (Å²) in [6, 6.07) is 17.5. The fraction of sp³-hybridized carbons (Fsp3) is 0.278. The Hall–Kier alpha value is -2.11. The monoisotopic (exact) mass is 263 g/mol. The lowest BCUT2D eigenvalue weighted by Crippen LogP contribution is -2.13. The number of benzene rings is 2. The normalized spacial score (nSPS) is 16.2. The van der Waals surface area contributed by atoms with Gasteiger partial charge in [0.25, 0.3) is 0 Å². The van der Waals surface area contributed by atoms with Gasteiger partial charge in [-0.2, -0.15) is 5.26 Å². The molecule has 2 nitrogen and oxygen atoms in total. The standard InChI is InChI=1S/C18H17NO/c19-12-13-5-3-8-15(11-13)18(20)17-10-2-1-9-16(17)14-6-4-7-14/h1-3,5,8-11,14,18,20H,4,6-7H2. The maximum Gasteiger partial charge on any atom is 0.104 e. The first-order valence-corrected chi connectivity index (χ1v) is 7.06. The van der Waals surface area contributed by atoms with Gasteiger partial charge >= 0.3 is 0 Å². The van der Waals surface area contributed by atoms with Crippen molar-refractivity contribution in [1.29, 1.82) is 5.26 Å². The number of nitriles is 1. The second-order valence-corrected chi connectivity index (χ2v) is 5.40. The zero-order chi connectivity index (χ0) is 13.9. The van der Waals surface area contributed by atoms with E-state index in [9.17, 15) is 5.11 Å². The van der Waals surface area contributed by atoms with E-state index in [0.29, 0.717) is 11.5 Å². The van der Waals surface area contributed by atoms with Gasteiger partial charge in [0.2, 0.25) is 0 Å². The number of nitrogens with zero attached hydrogens (tertiary/aromatic N) is 1. The third-order valence-corrected chi connectivity index (χ3v) is 4.17. The Morgan fingerprint density at radius 2 is 1.90 bits per heavy atom. The minimum absolute atomic E-state index is 0.583. The first-order chi connectivity index (χ1) is 9.79. The number of hydrogen-bond donors (Lipinski definition) is 1. The Kier molecular flexibility index (Phi) is 3.54. The Bertz CT molecular complexity index is 652. The predicted molar refractivity (Wildman–Crippen MR) is 78.3 cm³/mol. The third kappa shape index (κ3) is 2.33. The SMILES string of the molecule is N#Cc1cccc(C(O)c2ccccc2C2CCC2)c1. The summed E-state index contributed by atoms with van der Waals surface area (Å²) in [5, 5.41) is 19.6. The average molecular weight is 263 g/mol. The Balaban J connectivity index is 1.97. The molecule has 1 atom stereocenters. The molecule has 1 fully saturated rings. The van der Waals surface area contributed by atoms with E-state index >= 15 is 0 Å². The van der Waals surface area contributed by atoms with Crippen LogP contribution in [-0.4, -0.2) is 5.11 Å². The van der Waals surface area contributed by atoms with Gasteiger partial charge in [-0.05, 0) is 47.6 Å². The van der Waals surface area contributed by atoms with Crippen LogP contribution < -0.4 is 0 Å². The van der Waals surface area contributed by atoms with Crippen molar-refractivity contribution < 1.29 is 5.11 Å². The molecule has 0 bridgehead atoms. The molecule has 0 spiro atoms. The molecule has 2 heteroatoms. The van der Waals surface area contributed by atoms with Gasteiger partial charge < -0.3 is 5.11 Å². The van der Waals surface area contributed by atoms with Gasteiger partial charge in [-0.25, -0.2) is 0 Å². The second kappa shape index (κ2) is 5.48. The molecule has 3 rings (SSSR count). The molecule has 1 unspecified atom stereocenters. The summed E-state index contributed by atoms with van der Waals surface area (Å²) >= 11 is 0. The van der Waals surface area contributed by atoms with Crippen molar-refractivity contribution >= 4 is 0 Å². The molecule has 1 N–H and O–H groups in total. The molecular weight excluding hydrogens is 246 g/mol. The highest BCUT2D eigenvalue weighted by Crippen LogP contribution is 2.40. The van der Waals surface area contributed by atoms with E-state index in [4.69, 9.17) is 5.26 Å². The minimum atomic E-state index is -0.653. The Labute approximate surface area is 119 Å². The zero-order valence-electron chi connectivity index (χ0n) is 11.3. The molecule has 20 heavy (non-hydrogen) atoms. The number of rotatable bonds is 3. The zero-order valence-corrected chi connectivity index (χ0v) is 11.3. The van der Waals surface area contributed by atoms with Crippen LogP contribution in [0, 0.1) is 11.3 Å². The summed E-state index contributed by atoms with van der Waals surface area (Å²) < 4.78 is 0. The molecule has 100 valence electrons. The van der Waals surface area contributed by atoms with E-state index in [0.717, 1.165) is 11.1 Å². The van der Waals surface area contributed by atoms with E-state index in [2.05, 4.69) is 12.1 Å². The average Bonchev–Trinajstić information content (AvgIpc) is 2.45. The lowest BCUT2D eigenvalue weighted by Gasteiger charge is -2.29. The number of aliphatic hydroxyl groups excluding tert-OH is 1. The molecule has 1 aliphatic carbocycles. The Morgan fingerprint density at radius 3 is 2.60 bits per heavy atom. The number of aliphatic hydroxyl groups is 1. The predicted octanol–water partition coefficient (Wildman–Crippen LogP) is 3.91. The van der Waals surface area contributed by atoms with Crippen molar-refractivity contribution in [3.05, 3.63) is 70.8 Å². The molecule has 2 aromatic rings. The van der Waals surface area contributed by atoms with E-state index in [1.165, 1.54) is 24.8 Å². The van der Waals surface area contributed by atoms with Crippen LogP contribution in [0.5, 0.6) is 0 Å². The van der Waals surface area contributed by atoms with Crippen molar-refractivity contribution in [3.8, 4) is 6.07 Å². The van der Waals surface area contributed by atoms with Gasteiger partial charge in [-0.3, -0.25) is 0 Å². The Morgan fingerprint density at radius 1 is 1.10 bits per heavy atom. The van der Waals surface area contributed by atoms with E-state index < -0.39 is 6.10 Å². The van der Waals surface area contributed by atoms with Crippen LogP contribution in [0.25, 0.3) is 0 Å². The maximum absolute atomic E-state index is 10.7. The van der Waals surface area contributed by atoms with E-state index in [1.54, 1.807) is 12.1 Å². The topological polar surface area (TPSA) is 44.0 Å². The van der Waals surface area contributed by atoms with Gasteiger partial charge in [0.15, 0.2) is 0 Å². The van der Waals surface area contributed by atoms with Gasteiger partial charge in [0, 0.05) is 0 Å². The van der Waals surface area contributed by atoms with Crippen LogP contribution >= 0.6 is 0 Å². The third-order valence-electron chi connectivity index (χ3n) is 4.17. The lowest BCUT2D eigenvalue weighted by atomic mass is 9.77. The molecule has 1 saturated carbocycles. The summed E-state index contributed by atoms with van der Waals surface area (Å²) in [5.41, 5.74) is 3.61. The largest absolute Gasteiger partial charge is 0.384 e. The van der Waals surface area contributed by atoms with Crippen LogP contribution in [0.2, 0.25) is 0 Å². The van der Waals surface area contributed by atoms with Crippen molar-refractivity contribution in [2.75, 3.05) is 0 Å². The highest BCUT2D eigenvalue weighted by atomic mass is 16.3. The highest BCUT2D eigenvalue weighted by molar-refractivity contribution is 5.41. The van der Waals surface area contributed by atoms with Crippen LogP contribution in [0.4, 0.5) is 0 Å². The maximum atomic E-state index is 10.7. The smallest absolute Gasteiger partial charge is 0.104 e. The molecule has 0 radical (unpaired) electrons. The highest BCUT2D eigenvalue weighted by Gasteiger charge is 2.24. The minimum Gasteiger partial charge on any atom is -0.384 e. The van der Waals surface area contributed by atoms with Crippen LogP contribution in [0.15, 0.2) is 48.5 Å². The molecule has 1 aliphatic rings. The van der Waals surface area contributed by atoms with Gasteiger partial charge in [-0.15, -0.1) is 0 Å². The second-order valence-electron chi connectivity index (χ2n) is 5.40. The van der Waals surface area contributed by atoms with Crippen molar-refractivity contribution in [1.82, 2.24) is 0 Å². The van der Waals surface area contributed by atoms with E-state index in [-0.39, 0.29) is 0 Å². The molecule has 2 aromatic carbocycles. The van der Waals surface area contributed by atoms with Crippen LogP contribution in [0.1, 0.15) is 53.5 Å². The summed E-state index contributed by atoms with van der Waals surface area (Å²) in [5.74, 6) is 0.583. The molecule has 0 heterocycles. The van der Waals surface area contributed by atoms with Crippen molar-refractivity contribution in [2.24, 2.45) is 0 Å². The lowest BCUT2D eigenvalue weighted by molar-refractivity contribution is 0.217. The van der Waals surface area contributed by atoms with Gasteiger partial charge in [-0.1, -0.05) is 42.8 Å². The molecular formula is C18H17NO. The number of hydrogen-bond acceptors (Lipinski definition) is 2. The van der Waals surface area contributed by atoms with Gasteiger partial charge in [0.05, 0.1) is 11.6 Å². The van der Waals surface area contributed by atoms with E-state index in [1.807, 2.05) is 30.3 Å². The summed E-state index contributed by atoms with van der Waals surface area (Å²) in [7, 11) is 0. The molecule has 0 saturated heterocycles. The summed E-state index contributed by atoms with van der Waals surface area (Å²) in [6.07, 6.45) is 3.04. The summed E-state index contributed by atoms with van der Waals surface area (Å²) in [6.45, 7) is 0. The van der Waals surface area contributed by atoms with Crippen LogP contribution in [-0.2, 0) is 0 Å². The first kappa shape index (κ1) is 12.9. The fourth-order valence-corrected chi connectivity index (χ4v) is 2.81. The van der Waals surface area contributed by atoms with Crippen LogP contribution in [0.3, 0.4) is 0 Å². The fourth-order valence-electron chi connectivity index (χ4n) is 2.81. The van der Waals surface area contributed by atoms with Crippen molar-refractivity contribution in [2.45, 2.75) is 31.3 Å². The molecule has 0 amide bonds. The quantitative estimate of drug-likeness (QED) is 0.912. The molecule has 0 aliphatic heterocycles.